The van der Waals surface area contributed by atoms with E-state index in [9.17, 15) is 9.59 Å². The standard InChI is InChI=1S/C29H39N5O5Si/c1-37-23-10-6-19(7-11-23)24-17-33(18-39-12-13-40(3,4)5)27-25(24)26-20(15-30-27)16-31-28(35)34(26)22-9-8-21(14-22)32-29(36)38-2/h6-7,10-11,15,17,21-22H,8-9,12-14,16,18H2,1-5H3,(H,31,35)(H,32,36)/t21-,22-/m1/s1. The van der Waals surface area contributed by atoms with Crippen LogP contribution >= 0.6 is 0 Å². The highest BCUT2D eigenvalue weighted by Gasteiger charge is 2.38. The predicted octanol–water partition coefficient (Wildman–Crippen LogP) is 5.33. The van der Waals surface area contributed by atoms with Gasteiger partial charge in [0.2, 0.25) is 0 Å². The molecule has 3 amide bonds. The van der Waals surface area contributed by atoms with Crippen molar-refractivity contribution in [2.45, 2.75) is 70.3 Å². The first kappa shape index (κ1) is 28.0. The number of pyridine rings is 1. The van der Waals surface area contributed by atoms with Gasteiger partial charge in [0.05, 0.1) is 25.3 Å². The normalized spacial score (nSPS) is 18.9. The fourth-order valence-corrected chi connectivity index (χ4v) is 6.32. The van der Waals surface area contributed by atoms with Crippen LogP contribution in [0.3, 0.4) is 0 Å². The van der Waals surface area contributed by atoms with Crippen molar-refractivity contribution in [1.82, 2.24) is 20.2 Å². The maximum atomic E-state index is 13.5. The smallest absolute Gasteiger partial charge is 0.407 e. The number of amides is 3. The van der Waals surface area contributed by atoms with Crippen LogP contribution in [0.2, 0.25) is 25.7 Å². The van der Waals surface area contributed by atoms with E-state index in [-0.39, 0.29) is 18.1 Å². The molecule has 0 saturated heterocycles. The van der Waals surface area contributed by atoms with Gasteiger partial charge in [-0.05, 0) is 43.0 Å². The number of aromatic nitrogens is 2. The molecule has 2 N–H and O–H groups in total. The lowest BCUT2D eigenvalue weighted by molar-refractivity contribution is 0.0899. The summed E-state index contributed by atoms with van der Waals surface area (Å²) in [6.45, 7) is 8.50. The average Bonchev–Trinajstić information content (AvgIpc) is 3.55. The largest absolute Gasteiger partial charge is 0.497 e. The van der Waals surface area contributed by atoms with E-state index in [1.54, 1.807) is 7.11 Å². The maximum absolute atomic E-state index is 13.5. The lowest BCUT2D eigenvalue weighted by atomic mass is 10.00. The number of hydrogen-bond acceptors (Lipinski definition) is 6. The summed E-state index contributed by atoms with van der Waals surface area (Å²) in [5, 5.41) is 6.85. The molecule has 40 heavy (non-hydrogen) atoms. The summed E-state index contributed by atoms with van der Waals surface area (Å²) < 4.78 is 18.4. The minimum Gasteiger partial charge on any atom is -0.497 e. The number of nitrogens with one attached hydrogen (secondary N) is 2. The van der Waals surface area contributed by atoms with E-state index < -0.39 is 14.2 Å². The third-order valence-corrected chi connectivity index (χ3v) is 9.43. The summed E-state index contributed by atoms with van der Waals surface area (Å²) in [6.07, 6.45) is 5.67. The highest BCUT2D eigenvalue weighted by Crippen LogP contribution is 2.43. The number of benzene rings is 1. The van der Waals surface area contributed by atoms with Gasteiger partial charge in [-0.2, -0.15) is 0 Å². The van der Waals surface area contributed by atoms with Gasteiger partial charge < -0.3 is 29.4 Å². The number of nitrogens with zero attached hydrogens (tertiary/aromatic N) is 3. The van der Waals surface area contributed by atoms with Gasteiger partial charge in [-0.3, -0.25) is 4.90 Å². The molecule has 1 aliphatic heterocycles. The van der Waals surface area contributed by atoms with Crippen molar-refractivity contribution in [2.24, 2.45) is 0 Å². The Morgan fingerprint density at radius 3 is 2.65 bits per heavy atom. The van der Waals surface area contributed by atoms with Crippen molar-refractivity contribution in [2.75, 3.05) is 25.7 Å². The topological polar surface area (TPSA) is 107 Å². The second-order valence-corrected chi connectivity index (χ2v) is 17.4. The summed E-state index contributed by atoms with van der Waals surface area (Å²) in [6, 6.07) is 8.75. The molecule has 2 aromatic heterocycles. The molecule has 1 aliphatic carbocycles. The molecular weight excluding hydrogens is 526 g/mol. The Kier molecular flexibility index (Phi) is 8.04. The summed E-state index contributed by atoms with van der Waals surface area (Å²) in [5.41, 5.74) is 4.61. The Bertz CT molecular complexity index is 1380. The van der Waals surface area contributed by atoms with Crippen LogP contribution in [-0.4, -0.2) is 62.7 Å². The van der Waals surface area contributed by atoms with Gasteiger partial charge in [0.1, 0.15) is 18.1 Å². The van der Waals surface area contributed by atoms with Crippen LogP contribution in [0.5, 0.6) is 5.75 Å². The highest BCUT2D eigenvalue weighted by atomic mass is 28.3. The first-order chi connectivity index (χ1) is 19.2. The van der Waals surface area contributed by atoms with E-state index in [1.165, 1.54) is 7.11 Å². The van der Waals surface area contributed by atoms with Crippen molar-refractivity contribution >= 4 is 36.9 Å². The van der Waals surface area contributed by atoms with Crippen molar-refractivity contribution in [3.05, 3.63) is 42.2 Å². The lowest BCUT2D eigenvalue weighted by Gasteiger charge is -2.35. The SMILES string of the molecule is COC(=O)N[C@@H]1CC[C@@H](N2C(=O)NCc3cnc4c(c(-c5ccc(OC)cc5)cn4COCC[Si](C)(C)C)c32)C1. The number of rotatable bonds is 9. The Balaban J connectivity index is 1.57. The number of carbonyl (C=O) groups excluding carboxylic acids is 2. The van der Waals surface area contributed by atoms with Gasteiger partial charge >= 0.3 is 12.1 Å². The fourth-order valence-electron chi connectivity index (χ4n) is 5.57. The highest BCUT2D eigenvalue weighted by molar-refractivity contribution is 6.76. The molecule has 2 aliphatic rings. The van der Waals surface area contributed by atoms with E-state index in [1.807, 2.05) is 39.9 Å². The van der Waals surface area contributed by atoms with Crippen molar-refractivity contribution < 1.29 is 23.8 Å². The Hall–Kier alpha value is -3.57. The van der Waals surface area contributed by atoms with Crippen LogP contribution in [0.15, 0.2) is 36.7 Å². The van der Waals surface area contributed by atoms with E-state index in [0.29, 0.717) is 26.3 Å². The molecule has 0 bridgehead atoms. The van der Waals surface area contributed by atoms with E-state index in [4.69, 9.17) is 19.2 Å². The molecule has 1 saturated carbocycles. The third kappa shape index (κ3) is 5.80. The van der Waals surface area contributed by atoms with Crippen LogP contribution < -0.4 is 20.3 Å². The van der Waals surface area contributed by atoms with E-state index in [0.717, 1.165) is 58.0 Å². The van der Waals surface area contributed by atoms with Gasteiger partial charge in [-0.25, -0.2) is 14.6 Å². The fraction of sp³-hybridized carbons (Fsp3) is 0.483. The number of ether oxygens (including phenoxy) is 3. The molecule has 1 fully saturated rings. The van der Waals surface area contributed by atoms with Gasteiger partial charge in [0.15, 0.2) is 0 Å². The third-order valence-electron chi connectivity index (χ3n) is 7.73. The zero-order chi connectivity index (χ0) is 28.4. The second-order valence-electron chi connectivity index (χ2n) is 11.7. The van der Waals surface area contributed by atoms with Crippen LogP contribution in [0, 0.1) is 0 Å². The van der Waals surface area contributed by atoms with Crippen LogP contribution in [-0.2, 0) is 22.7 Å². The van der Waals surface area contributed by atoms with Crippen molar-refractivity contribution in [3.63, 3.8) is 0 Å². The summed E-state index contributed by atoms with van der Waals surface area (Å²) in [4.78, 5) is 32.0. The van der Waals surface area contributed by atoms with Crippen molar-refractivity contribution in [1.29, 1.82) is 0 Å². The van der Waals surface area contributed by atoms with Crippen LogP contribution in [0.4, 0.5) is 15.3 Å². The van der Waals surface area contributed by atoms with Crippen LogP contribution in [0.25, 0.3) is 22.2 Å². The van der Waals surface area contributed by atoms with Crippen molar-refractivity contribution in [3.8, 4) is 16.9 Å². The molecule has 10 nitrogen and oxygen atoms in total. The molecule has 2 atom stereocenters. The zero-order valence-electron chi connectivity index (χ0n) is 24.0. The van der Waals surface area contributed by atoms with Gasteiger partial charge in [-0.15, -0.1) is 0 Å². The van der Waals surface area contributed by atoms with Gasteiger partial charge in [-0.1, -0.05) is 31.8 Å². The number of urea groups is 1. The number of methoxy groups -OCH3 is 2. The molecule has 0 radical (unpaired) electrons. The lowest BCUT2D eigenvalue weighted by Crippen LogP contribution is -2.49. The number of carbonyl (C=O) groups is 2. The minimum absolute atomic E-state index is 0.0571. The molecule has 0 spiro atoms. The van der Waals surface area contributed by atoms with Crippen LogP contribution in [0.1, 0.15) is 24.8 Å². The summed E-state index contributed by atoms with van der Waals surface area (Å²) in [7, 11) is 1.79. The van der Waals surface area contributed by atoms with Gasteiger partial charge in [0.25, 0.3) is 0 Å². The Morgan fingerprint density at radius 1 is 1.18 bits per heavy atom. The molecule has 0 unspecified atom stereocenters. The minimum atomic E-state index is -1.22. The molecular formula is C29H39N5O5Si. The Morgan fingerprint density at radius 2 is 1.95 bits per heavy atom. The second kappa shape index (κ2) is 11.5. The van der Waals surface area contributed by atoms with E-state index >= 15 is 0 Å². The number of anilines is 1. The van der Waals surface area contributed by atoms with Gasteiger partial charge in [0, 0.05) is 56.8 Å². The Labute approximate surface area is 236 Å². The molecule has 214 valence electrons. The first-order valence-corrected chi connectivity index (χ1v) is 17.5. The number of fused-ring (bicyclic) bond motifs is 3. The number of hydrogen-bond donors (Lipinski definition) is 2. The first-order valence-electron chi connectivity index (χ1n) is 13.8. The predicted molar refractivity (Wildman–Crippen MR) is 158 cm³/mol. The monoisotopic (exact) mass is 565 g/mol. The molecule has 5 rings (SSSR count). The maximum Gasteiger partial charge on any atom is 0.407 e. The molecule has 1 aromatic carbocycles. The van der Waals surface area contributed by atoms with E-state index in [2.05, 4.69) is 36.5 Å². The molecule has 3 aromatic rings. The molecule has 11 heteroatoms. The summed E-state index contributed by atoms with van der Waals surface area (Å²) >= 11 is 0. The summed E-state index contributed by atoms with van der Waals surface area (Å²) in [5.74, 6) is 0.776. The average molecular weight is 566 g/mol. The quantitative estimate of drug-likeness (QED) is 0.268. The zero-order valence-corrected chi connectivity index (χ0v) is 25.0. The molecule has 3 heterocycles. The number of alkyl carbamates (subject to hydrolysis) is 1.